The maximum Gasteiger partial charge on any atom is 0.0802 e. The van der Waals surface area contributed by atoms with E-state index in [9.17, 15) is 5.11 Å². The maximum absolute atomic E-state index is 10.1. The van der Waals surface area contributed by atoms with Gasteiger partial charge in [-0.05, 0) is 24.8 Å². The Bertz CT molecular complexity index is 338. The summed E-state index contributed by atoms with van der Waals surface area (Å²) in [5.41, 5.74) is 1.01. The van der Waals surface area contributed by atoms with Gasteiger partial charge in [0.15, 0.2) is 0 Å². The normalized spacial score (nSPS) is 17.1. The van der Waals surface area contributed by atoms with Crippen molar-refractivity contribution in [2.24, 2.45) is 0 Å². The van der Waals surface area contributed by atoms with Crippen molar-refractivity contribution >= 4 is 0 Å². The summed E-state index contributed by atoms with van der Waals surface area (Å²) in [6.45, 7) is 2.70. The van der Waals surface area contributed by atoms with Crippen LogP contribution in [0.15, 0.2) is 30.3 Å². The van der Waals surface area contributed by atoms with Crippen LogP contribution in [0, 0.1) is 0 Å². The first-order valence-electron chi connectivity index (χ1n) is 6.77. The monoisotopic (exact) mass is 249 g/mol. The van der Waals surface area contributed by atoms with Crippen LogP contribution in [0.3, 0.4) is 0 Å². The summed E-state index contributed by atoms with van der Waals surface area (Å²) in [7, 11) is 1.74. The van der Waals surface area contributed by atoms with E-state index in [0.29, 0.717) is 0 Å². The van der Waals surface area contributed by atoms with Crippen LogP contribution in [0.2, 0.25) is 0 Å². The highest BCUT2D eigenvalue weighted by Crippen LogP contribution is 2.27. The third kappa shape index (κ3) is 4.09. The molecule has 1 atom stereocenters. The summed E-state index contributed by atoms with van der Waals surface area (Å²) in [6, 6.07) is 10.6. The van der Waals surface area contributed by atoms with E-state index in [4.69, 9.17) is 4.74 Å². The lowest BCUT2D eigenvalue weighted by Gasteiger charge is -2.23. The second kappa shape index (κ2) is 6.88. The average molecular weight is 249 g/mol. The van der Waals surface area contributed by atoms with Gasteiger partial charge in [0, 0.05) is 26.2 Å². The van der Waals surface area contributed by atoms with Gasteiger partial charge in [-0.3, -0.25) is 4.90 Å². The number of hydrogen-bond donors (Lipinski definition) is 1. The molecule has 1 saturated carbocycles. The second-order valence-electron chi connectivity index (χ2n) is 4.98. The smallest absolute Gasteiger partial charge is 0.0802 e. The van der Waals surface area contributed by atoms with Crippen molar-refractivity contribution in [1.82, 2.24) is 4.90 Å². The number of ether oxygens (including phenoxy) is 1. The summed E-state index contributed by atoms with van der Waals surface area (Å²) >= 11 is 0. The van der Waals surface area contributed by atoms with Crippen LogP contribution in [0.1, 0.15) is 30.9 Å². The fourth-order valence-electron chi connectivity index (χ4n) is 2.26. The molecule has 0 spiro atoms. The molecule has 2 rings (SSSR count). The molecule has 1 aliphatic rings. The minimum Gasteiger partial charge on any atom is -0.388 e. The molecule has 18 heavy (non-hydrogen) atoms. The number of nitrogens with zero attached hydrogens (tertiary/aromatic N) is 1. The topological polar surface area (TPSA) is 32.7 Å². The third-order valence-corrected chi connectivity index (χ3v) is 3.52. The molecule has 1 fully saturated rings. The van der Waals surface area contributed by atoms with Gasteiger partial charge in [-0.25, -0.2) is 0 Å². The van der Waals surface area contributed by atoms with Gasteiger partial charge in [-0.2, -0.15) is 0 Å². The Labute approximate surface area is 109 Å². The molecular weight excluding hydrogens is 226 g/mol. The van der Waals surface area contributed by atoms with E-state index >= 15 is 0 Å². The van der Waals surface area contributed by atoms with E-state index < -0.39 is 0 Å². The zero-order valence-corrected chi connectivity index (χ0v) is 11.1. The first-order chi connectivity index (χ1) is 8.81. The third-order valence-electron chi connectivity index (χ3n) is 3.52. The molecule has 0 bridgehead atoms. The molecule has 1 N–H and O–H groups in total. The number of aliphatic hydroxyl groups excluding tert-OH is 1. The number of aliphatic hydroxyl groups is 1. The van der Waals surface area contributed by atoms with Crippen LogP contribution >= 0.6 is 0 Å². The van der Waals surface area contributed by atoms with Crippen LogP contribution in [0.25, 0.3) is 0 Å². The van der Waals surface area contributed by atoms with E-state index in [0.717, 1.165) is 37.7 Å². The van der Waals surface area contributed by atoms with Gasteiger partial charge in [0.05, 0.1) is 12.7 Å². The molecule has 1 aromatic carbocycles. The fraction of sp³-hybridized carbons (Fsp3) is 0.600. The zero-order chi connectivity index (χ0) is 12.8. The molecule has 0 aliphatic heterocycles. The van der Waals surface area contributed by atoms with Gasteiger partial charge < -0.3 is 9.84 Å². The van der Waals surface area contributed by atoms with Crippen LogP contribution in [0.4, 0.5) is 0 Å². The van der Waals surface area contributed by atoms with Crippen LogP contribution in [0.5, 0.6) is 0 Å². The molecule has 1 unspecified atom stereocenters. The lowest BCUT2D eigenvalue weighted by atomic mass is 10.1. The van der Waals surface area contributed by atoms with E-state index in [1.54, 1.807) is 7.11 Å². The Morgan fingerprint density at radius 1 is 1.28 bits per heavy atom. The largest absolute Gasteiger partial charge is 0.388 e. The van der Waals surface area contributed by atoms with E-state index in [2.05, 4.69) is 4.90 Å². The first kappa shape index (κ1) is 13.5. The number of rotatable bonds is 8. The molecule has 0 heterocycles. The lowest BCUT2D eigenvalue weighted by Crippen LogP contribution is -2.31. The number of hydrogen-bond acceptors (Lipinski definition) is 3. The average Bonchev–Trinajstić information content (AvgIpc) is 3.24. The molecule has 0 saturated heterocycles. The standard InChI is InChI=1S/C15H23NO2/c1-18-12-11-16(14-7-8-14)10-9-15(17)13-5-3-2-4-6-13/h2-6,14-15,17H,7-12H2,1H3. The summed E-state index contributed by atoms with van der Waals surface area (Å²) in [5, 5.41) is 10.1. The van der Waals surface area contributed by atoms with Gasteiger partial charge in [-0.15, -0.1) is 0 Å². The fourth-order valence-corrected chi connectivity index (χ4v) is 2.26. The molecule has 1 aromatic rings. The lowest BCUT2D eigenvalue weighted by molar-refractivity contribution is 0.113. The Morgan fingerprint density at radius 2 is 2.00 bits per heavy atom. The van der Waals surface area contributed by atoms with Crippen molar-refractivity contribution in [1.29, 1.82) is 0 Å². The van der Waals surface area contributed by atoms with Gasteiger partial charge in [-0.1, -0.05) is 30.3 Å². The molecule has 0 aromatic heterocycles. The van der Waals surface area contributed by atoms with Crippen molar-refractivity contribution in [2.75, 3.05) is 26.8 Å². The molecule has 3 nitrogen and oxygen atoms in total. The highest BCUT2D eigenvalue weighted by atomic mass is 16.5. The van der Waals surface area contributed by atoms with E-state index in [1.807, 2.05) is 30.3 Å². The van der Waals surface area contributed by atoms with E-state index in [1.165, 1.54) is 12.8 Å². The number of methoxy groups -OCH3 is 1. The van der Waals surface area contributed by atoms with Gasteiger partial charge in [0.25, 0.3) is 0 Å². The summed E-state index contributed by atoms with van der Waals surface area (Å²) in [6.07, 6.45) is 3.04. The molecule has 0 amide bonds. The van der Waals surface area contributed by atoms with Crippen LogP contribution < -0.4 is 0 Å². The molecule has 1 aliphatic carbocycles. The van der Waals surface area contributed by atoms with Crippen molar-refractivity contribution < 1.29 is 9.84 Å². The predicted octanol–water partition coefficient (Wildman–Crippen LogP) is 2.22. The second-order valence-corrected chi connectivity index (χ2v) is 4.98. The Hall–Kier alpha value is -0.900. The minimum absolute atomic E-state index is 0.352. The molecule has 100 valence electrons. The summed E-state index contributed by atoms with van der Waals surface area (Å²) in [5.74, 6) is 0. The quantitative estimate of drug-likeness (QED) is 0.767. The maximum atomic E-state index is 10.1. The van der Waals surface area contributed by atoms with Gasteiger partial charge in [0.1, 0.15) is 0 Å². The zero-order valence-electron chi connectivity index (χ0n) is 11.1. The Morgan fingerprint density at radius 3 is 2.61 bits per heavy atom. The Kier molecular flexibility index (Phi) is 5.17. The molecule has 3 heteroatoms. The van der Waals surface area contributed by atoms with E-state index in [-0.39, 0.29) is 6.10 Å². The summed E-state index contributed by atoms with van der Waals surface area (Å²) < 4.78 is 5.14. The SMILES string of the molecule is COCCN(CCC(O)c1ccccc1)C1CC1. The van der Waals surface area contributed by atoms with Gasteiger partial charge in [0.2, 0.25) is 0 Å². The van der Waals surface area contributed by atoms with Gasteiger partial charge >= 0.3 is 0 Å². The van der Waals surface area contributed by atoms with Crippen molar-refractivity contribution in [3.8, 4) is 0 Å². The minimum atomic E-state index is -0.352. The van der Waals surface area contributed by atoms with Crippen LogP contribution in [-0.4, -0.2) is 42.9 Å². The van der Waals surface area contributed by atoms with Crippen molar-refractivity contribution in [3.05, 3.63) is 35.9 Å². The Balaban J connectivity index is 1.78. The predicted molar refractivity (Wildman–Crippen MR) is 72.5 cm³/mol. The molecular formula is C15H23NO2. The van der Waals surface area contributed by atoms with Crippen molar-refractivity contribution in [2.45, 2.75) is 31.4 Å². The number of benzene rings is 1. The summed E-state index contributed by atoms with van der Waals surface area (Å²) in [4.78, 5) is 2.44. The van der Waals surface area contributed by atoms with Crippen molar-refractivity contribution in [3.63, 3.8) is 0 Å². The highest BCUT2D eigenvalue weighted by molar-refractivity contribution is 5.17. The first-order valence-corrected chi connectivity index (χ1v) is 6.77. The highest BCUT2D eigenvalue weighted by Gasteiger charge is 2.28. The molecule has 0 radical (unpaired) electrons. The van der Waals surface area contributed by atoms with Crippen LogP contribution in [-0.2, 0) is 4.74 Å².